The zero-order chi connectivity index (χ0) is 8.27. The van der Waals surface area contributed by atoms with Gasteiger partial charge in [0, 0.05) is 5.92 Å². The highest BCUT2D eigenvalue weighted by molar-refractivity contribution is 5.56. The summed E-state index contributed by atoms with van der Waals surface area (Å²) in [5, 5.41) is 0. The van der Waals surface area contributed by atoms with Gasteiger partial charge in [-0.3, -0.25) is 0 Å². The Morgan fingerprint density at radius 2 is 2.36 bits per heavy atom. The van der Waals surface area contributed by atoms with Crippen LogP contribution in [0.1, 0.15) is 13.3 Å². The molecule has 0 spiro atoms. The second-order valence-electron chi connectivity index (χ2n) is 3.14. The van der Waals surface area contributed by atoms with Crippen LogP contribution in [0.2, 0.25) is 0 Å². The van der Waals surface area contributed by atoms with Crippen LogP contribution in [-0.2, 0) is 4.79 Å². The van der Waals surface area contributed by atoms with E-state index in [1.807, 2.05) is 6.08 Å². The number of hydrogen-bond acceptors (Lipinski definition) is 1. The van der Waals surface area contributed by atoms with Gasteiger partial charge in [0.05, 0.1) is 0 Å². The Bertz CT molecular complexity index is 181. The zero-order valence-corrected chi connectivity index (χ0v) is 6.86. The lowest BCUT2D eigenvalue weighted by atomic mass is 9.78. The smallest absolute Gasteiger partial charge is 0.124 e. The maximum absolute atomic E-state index is 10.7. The van der Waals surface area contributed by atoms with Crippen LogP contribution in [0.25, 0.3) is 0 Å². The van der Waals surface area contributed by atoms with Crippen LogP contribution in [0.4, 0.5) is 0 Å². The third-order valence-corrected chi connectivity index (χ3v) is 2.41. The number of carbonyl (C=O) groups is 1. The fourth-order valence-electron chi connectivity index (χ4n) is 1.60. The molecule has 1 rings (SSSR count). The van der Waals surface area contributed by atoms with Crippen LogP contribution in [-0.4, -0.2) is 6.29 Å². The van der Waals surface area contributed by atoms with Crippen molar-refractivity contribution in [1.82, 2.24) is 0 Å². The van der Waals surface area contributed by atoms with Crippen molar-refractivity contribution in [3.63, 3.8) is 0 Å². The van der Waals surface area contributed by atoms with Crippen LogP contribution >= 0.6 is 0 Å². The first kappa shape index (κ1) is 8.25. The number of hydrogen-bond donors (Lipinski definition) is 0. The Kier molecular flexibility index (Phi) is 2.64. The average Bonchev–Trinajstić information content (AvgIpc) is 2.04. The molecule has 1 aliphatic rings. The van der Waals surface area contributed by atoms with Gasteiger partial charge in [-0.05, 0) is 18.3 Å². The van der Waals surface area contributed by atoms with Gasteiger partial charge in [0.15, 0.2) is 0 Å². The van der Waals surface area contributed by atoms with Crippen molar-refractivity contribution in [2.45, 2.75) is 13.3 Å². The lowest BCUT2D eigenvalue weighted by Crippen LogP contribution is -2.23. The molecule has 3 atom stereocenters. The Morgan fingerprint density at radius 3 is 2.82 bits per heavy atom. The first-order valence-electron chi connectivity index (χ1n) is 4.04. The van der Waals surface area contributed by atoms with Gasteiger partial charge >= 0.3 is 0 Å². The van der Waals surface area contributed by atoms with E-state index in [9.17, 15) is 4.79 Å². The van der Waals surface area contributed by atoms with E-state index in [4.69, 9.17) is 0 Å². The van der Waals surface area contributed by atoms with Gasteiger partial charge in [0.25, 0.3) is 0 Å². The van der Waals surface area contributed by atoms with Crippen molar-refractivity contribution >= 4 is 6.29 Å². The van der Waals surface area contributed by atoms with E-state index in [-0.39, 0.29) is 5.92 Å². The molecule has 11 heavy (non-hydrogen) atoms. The van der Waals surface area contributed by atoms with E-state index < -0.39 is 0 Å². The van der Waals surface area contributed by atoms with E-state index in [1.54, 1.807) is 0 Å². The Labute approximate surface area is 67.8 Å². The van der Waals surface area contributed by atoms with Crippen LogP contribution in [0.15, 0.2) is 24.8 Å². The van der Waals surface area contributed by atoms with Crippen molar-refractivity contribution in [3.05, 3.63) is 24.8 Å². The highest BCUT2D eigenvalue weighted by Crippen LogP contribution is 2.28. The summed E-state index contributed by atoms with van der Waals surface area (Å²) in [7, 11) is 0. The van der Waals surface area contributed by atoms with Crippen LogP contribution < -0.4 is 0 Å². The van der Waals surface area contributed by atoms with E-state index in [0.29, 0.717) is 11.8 Å². The number of aldehydes is 1. The molecule has 1 heteroatoms. The normalized spacial score (nSPS) is 36.6. The molecular weight excluding hydrogens is 136 g/mol. The molecule has 1 nitrogen and oxygen atoms in total. The summed E-state index contributed by atoms with van der Waals surface area (Å²) in [6, 6.07) is 0. The first-order valence-corrected chi connectivity index (χ1v) is 4.04. The molecule has 1 aliphatic carbocycles. The zero-order valence-electron chi connectivity index (χ0n) is 6.86. The van der Waals surface area contributed by atoms with Gasteiger partial charge in [-0.25, -0.2) is 0 Å². The van der Waals surface area contributed by atoms with Crippen molar-refractivity contribution in [1.29, 1.82) is 0 Å². The number of carbonyl (C=O) groups excluding carboxylic acids is 1. The molecule has 0 N–H and O–H groups in total. The summed E-state index contributed by atoms with van der Waals surface area (Å²) in [5.74, 6) is 0.884. The quantitative estimate of drug-likeness (QED) is 0.435. The minimum Gasteiger partial charge on any atom is -0.303 e. The van der Waals surface area contributed by atoms with E-state index in [1.165, 1.54) is 0 Å². The van der Waals surface area contributed by atoms with Gasteiger partial charge in [-0.15, -0.1) is 6.58 Å². The van der Waals surface area contributed by atoms with Crippen LogP contribution in [0.5, 0.6) is 0 Å². The summed E-state index contributed by atoms with van der Waals surface area (Å²) in [6.07, 6.45) is 8.16. The Hall–Kier alpha value is -0.850. The predicted octanol–water partition coefficient (Wildman–Crippen LogP) is 2.20. The number of allylic oxidation sites excluding steroid dienone is 3. The molecule has 0 unspecified atom stereocenters. The van der Waals surface area contributed by atoms with Crippen molar-refractivity contribution in [2.24, 2.45) is 17.8 Å². The fourth-order valence-corrected chi connectivity index (χ4v) is 1.60. The third-order valence-electron chi connectivity index (χ3n) is 2.41. The van der Waals surface area contributed by atoms with Crippen LogP contribution in [0.3, 0.4) is 0 Å². The Balaban J connectivity index is 2.74. The fraction of sp³-hybridized carbons (Fsp3) is 0.500. The predicted molar refractivity (Wildman–Crippen MR) is 46.2 cm³/mol. The molecular formula is C10H14O. The topological polar surface area (TPSA) is 17.1 Å². The minimum atomic E-state index is 0.150. The van der Waals surface area contributed by atoms with Crippen molar-refractivity contribution in [3.8, 4) is 0 Å². The summed E-state index contributed by atoms with van der Waals surface area (Å²) in [5.41, 5.74) is 0. The third kappa shape index (κ3) is 1.59. The van der Waals surface area contributed by atoms with Crippen molar-refractivity contribution < 1.29 is 4.79 Å². The molecule has 0 aromatic carbocycles. The maximum atomic E-state index is 10.7. The molecule has 0 aliphatic heterocycles. The first-order chi connectivity index (χ1) is 5.29. The molecule has 0 fully saturated rings. The molecule has 0 radical (unpaired) electrons. The summed E-state index contributed by atoms with van der Waals surface area (Å²) >= 11 is 0. The summed E-state index contributed by atoms with van der Waals surface area (Å²) in [4.78, 5) is 10.7. The monoisotopic (exact) mass is 150 g/mol. The SMILES string of the molecule is C=C[C@H]1CC=C[C@@H](C)[C@@H]1C=O. The largest absolute Gasteiger partial charge is 0.303 e. The second-order valence-corrected chi connectivity index (χ2v) is 3.14. The van der Waals surface area contributed by atoms with Gasteiger partial charge in [0.2, 0.25) is 0 Å². The van der Waals surface area contributed by atoms with E-state index in [2.05, 4.69) is 25.7 Å². The number of rotatable bonds is 2. The molecule has 0 heterocycles. The molecule has 0 saturated heterocycles. The van der Waals surface area contributed by atoms with Crippen molar-refractivity contribution in [2.75, 3.05) is 0 Å². The van der Waals surface area contributed by atoms with Gasteiger partial charge in [0.1, 0.15) is 6.29 Å². The molecule has 0 bridgehead atoms. The minimum absolute atomic E-state index is 0.150. The van der Waals surface area contributed by atoms with Gasteiger partial charge in [-0.2, -0.15) is 0 Å². The van der Waals surface area contributed by atoms with E-state index in [0.717, 1.165) is 12.7 Å². The Morgan fingerprint density at radius 1 is 1.64 bits per heavy atom. The molecule has 60 valence electrons. The van der Waals surface area contributed by atoms with Gasteiger partial charge < -0.3 is 4.79 Å². The maximum Gasteiger partial charge on any atom is 0.124 e. The second kappa shape index (κ2) is 3.51. The lowest BCUT2D eigenvalue weighted by Gasteiger charge is -2.26. The average molecular weight is 150 g/mol. The molecule has 0 aromatic heterocycles. The lowest BCUT2D eigenvalue weighted by molar-refractivity contribution is -0.113. The summed E-state index contributed by atoms with van der Waals surface area (Å²) < 4.78 is 0. The molecule has 0 saturated carbocycles. The summed E-state index contributed by atoms with van der Waals surface area (Å²) in [6.45, 7) is 5.80. The highest BCUT2D eigenvalue weighted by Gasteiger charge is 2.24. The molecule has 0 amide bonds. The highest BCUT2D eigenvalue weighted by atomic mass is 16.1. The standard InChI is InChI=1S/C10H14O/c1-3-9-6-4-5-8(2)10(9)7-11/h3-5,7-10H,1,6H2,2H3/t8-,9+,10+/m1/s1. The van der Waals surface area contributed by atoms with E-state index >= 15 is 0 Å². The van der Waals surface area contributed by atoms with Gasteiger partial charge in [-0.1, -0.05) is 25.2 Å². The molecule has 0 aromatic rings. The van der Waals surface area contributed by atoms with Crippen LogP contribution in [0, 0.1) is 17.8 Å².